The van der Waals surface area contributed by atoms with Crippen molar-refractivity contribution < 1.29 is 18.3 Å². The molecule has 0 unspecified atom stereocenters. The smallest absolute Gasteiger partial charge is 0.221 e. The standard InChI is InChI=1S/C26H31NO4S/c1-32(30,31)23-9-7-17(8-10-23)16-27-24(28)15-26(20-5-3-2-4-6-20)21-11-18-12-22(26)14-19(13-21)25(18)29/h2-10,18-19,21-22,25,29H,11-16H2,1H3,(H,27,28). The molecule has 4 fully saturated rings. The number of hydrogen-bond donors (Lipinski definition) is 2. The molecular formula is C26H31NO4S. The van der Waals surface area contributed by atoms with Crippen molar-refractivity contribution in [1.29, 1.82) is 0 Å². The number of carbonyl (C=O) groups is 1. The third-order valence-electron chi connectivity index (χ3n) is 8.38. The molecular weight excluding hydrogens is 422 g/mol. The minimum atomic E-state index is -3.23. The molecule has 0 aliphatic heterocycles. The lowest BCUT2D eigenvalue weighted by molar-refractivity contribution is -0.147. The molecule has 0 saturated heterocycles. The van der Waals surface area contributed by atoms with Crippen LogP contribution in [0.5, 0.6) is 0 Å². The fourth-order valence-electron chi connectivity index (χ4n) is 6.96. The number of rotatable bonds is 6. The van der Waals surface area contributed by atoms with Crippen molar-refractivity contribution in [1.82, 2.24) is 5.32 Å². The molecule has 2 aromatic rings. The predicted octanol–water partition coefficient (Wildman–Crippen LogP) is 3.46. The highest BCUT2D eigenvalue weighted by atomic mass is 32.2. The van der Waals surface area contributed by atoms with Gasteiger partial charge >= 0.3 is 0 Å². The normalized spacial score (nSPS) is 33.2. The van der Waals surface area contributed by atoms with Crippen molar-refractivity contribution in [2.75, 3.05) is 6.26 Å². The first-order valence-electron chi connectivity index (χ1n) is 11.6. The van der Waals surface area contributed by atoms with Gasteiger partial charge in [-0.25, -0.2) is 8.42 Å². The molecule has 0 spiro atoms. The molecule has 0 aromatic heterocycles. The zero-order valence-electron chi connectivity index (χ0n) is 18.4. The van der Waals surface area contributed by atoms with Gasteiger partial charge in [0.15, 0.2) is 9.84 Å². The Bertz CT molecular complexity index is 1060. The second-order valence-corrected chi connectivity index (χ2v) is 12.1. The molecule has 4 aliphatic rings. The van der Waals surface area contributed by atoms with E-state index in [1.807, 2.05) is 6.07 Å². The van der Waals surface area contributed by atoms with Crippen LogP contribution in [0.15, 0.2) is 59.5 Å². The summed E-state index contributed by atoms with van der Waals surface area (Å²) in [6.45, 7) is 0.382. The van der Waals surface area contributed by atoms with Gasteiger partial charge < -0.3 is 10.4 Å². The van der Waals surface area contributed by atoms with Crippen LogP contribution in [0.2, 0.25) is 0 Å². The Morgan fingerprint density at radius 3 is 2.06 bits per heavy atom. The van der Waals surface area contributed by atoms with Gasteiger partial charge in [0.2, 0.25) is 5.91 Å². The lowest BCUT2D eigenvalue weighted by atomic mass is 9.42. The Labute approximate surface area is 190 Å². The zero-order chi connectivity index (χ0) is 22.5. The predicted molar refractivity (Wildman–Crippen MR) is 123 cm³/mol. The molecule has 4 aliphatic carbocycles. The van der Waals surface area contributed by atoms with Gasteiger partial charge in [-0.15, -0.1) is 0 Å². The summed E-state index contributed by atoms with van der Waals surface area (Å²) < 4.78 is 23.3. The molecule has 5 nitrogen and oxygen atoms in total. The first-order valence-corrected chi connectivity index (χ1v) is 13.5. The van der Waals surface area contributed by atoms with Crippen LogP contribution in [0.1, 0.15) is 43.2 Å². The van der Waals surface area contributed by atoms with Crippen LogP contribution in [0.3, 0.4) is 0 Å². The quantitative estimate of drug-likeness (QED) is 0.702. The second-order valence-electron chi connectivity index (χ2n) is 10.1. The molecule has 1 amide bonds. The molecule has 6 rings (SSSR count). The zero-order valence-corrected chi connectivity index (χ0v) is 19.2. The summed E-state index contributed by atoms with van der Waals surface area (Å²) >= 11 is 0. The highest BCUT2D eigenvalue weighted by Crippen LogP contribution is 2.64. The van der Waals surface area contributed by atoms with Gasteiger partial charge in [0.1, 0.15) is 0 Å². The van der Waals surface area contributed by atoms with Gasteiger partial charge in [-0.1, -0.05) is 42.5 Å². The summed E-state index contributed by atoms with van der Waals surface area (Å²) in [7, 11) is -3.23. The monoisotopic (exact) mass is 453 g/mol. The van der Waals surface area contributed by atoms with Gasteiger partial charge in [-0.3, -0.25) is 4.79 Å². The highest BCUT2D eigenvalue weighted by Gasteiger charge is 2.60. The average Bonchev–Trinajstić information content (AvgIpc) is 2.76. The van der Waals surface area contributed by atoms with E-state index in [0.29, 0.717) is 36.6 Å². The number of amides is 1. The first-order chi connectivity index (χ1) is 15.3. The van der Waals surface area contributed by atoms with Crippen molar-refractivity contribution in [2.24, 2.45) is 23.7 Å². The lowest BCUT2D eigenvalue weighted by Crippen LogP contribution is -2.61. The summed E-state index contributed by atoms with van der Waals surface area (Å²) in [6.07, 6.45) is 5.50. The van der Waals surface area contributed by atoms with E-state index in [9.17, 15) is 18.3 Å². The minimum Gasteiger partial charge on any atom is -0.393 e. The van der Waals surface area contributed by atoms with E-state index in [-0.39, 0.29) is 22.3 Å². The van der Waals surface area contributed by atoms with Crippen molar-refractivity contribution in [3.63, 3.8) is 0 Å². The largest absolute Gasteiger partial charge is 0.393 e. The lowest BCUT2D eigenvalue weighted by Gasteiger charge is -2.63. The fourth-order valence-corrected chi connectivity index (χ4v) is 7.59. The number of aliphatic hydroxyl groups excluding tert-OH is 1. The number of benzene rings is 2. The van der Waals surface area contributed by atoms with E-state index < -0.39 is 9.84 Å². The molecule has 4 saturated carbocycles. The number of sulfone groups is 1. The van der Waals surface area contributed by atoms with Gasteiger partial charge in [0.25, 0.3) is 0 Å². The molecule has 2 aromatic carbocycles. The van der Waals surface area contributed by atoms with E-state index in [4.69, 9.17) is 0 Å². The summed E-state index contributed by atoms with van der Waals surface area (Å²) in [5.74, 6) is 1.65. The molecule has 2 N–H and O–H groups in total. The molecule has 4 bridgehead atoms. The van der Waals surface area contributed by atoms with E-state index in [0.717, 1.165) is 31.2 Å². The van der Waals surface area contributed by atoms with Crippen molar-refractivity contribution in [3.8, 4) is 0 Å². The summed E-state index contributed by atoms with van der Waals surface area (Å²) in [4.78, 5) is 13.5. The summed E-state index contributed by atoms with van der Waals surface area (Å²) in [6, 6.07) is 17.2. The molecule has 0 atom stereocenters. The van der Waals surface area contributed by atoms with Gasteiger partial charge in [0, 0.05) is 24.6 Å². The van der Waals surface area contributed by atoms with Crippen LogP contribution in [0.25, 0.3) is 0 Å². The molecule has 170 valence electrons. The van der Waals surface area contributed by atoms with Crippen LogP contribution in [-0.4, -0.2) is 31.8 Å². The third kappa shape index (κ3) is 3.67. The Balaban J connectivity index is 1.35. The maximum atomic E-state index is 13.2. The number of carbonyl (C=O) groups excluding carboxylic acids is 1. The van der Waals surface area contributed by atoms with Gasteiger partial charge in [-0.2, -0.15) is 0 Å². The highest BCUT2D eigenvalue weighted by molar-refractivity contribution is 7.90. The Morgan fingerprint density at radius 2 is 1.53 bits per heavy atom. The van der Waals surface area contributed by atoms with E-state index in [1.165, 1.54) is 11.8 Å². The van der Waals surface area contributed by atoms with Crippen molar-refractivity contribution >= 4 is 15.7 Å². The maximum Gasteiger partial charge on any atom is 0.221 e. The first kappa shape index (κ1) is 21.7. The SMILES string of the molecule is CS(=O)(=O)c1ccc(CNC(=O)CC2(c3ccccc3)C3CC4CC2CC(C3)C4O)cc1. The Hall–Kier alpha value is -2.18. The van der Waals surface area contributed by atoms with E-state index in [2.05, 4.69) is 29.6 Å². The van der Waals surface area contributed by atoms with Crippen LogP contribution >= 0.6 is 0 Å². The topological polar surface area (TPSA) is 83.5 Å². The maximum absolute atomic E-state index is 13.2. The second kappa shape index (κ2) is 7.99. The van der Waals surface area contributed by atoms with Crippen LogP contribution in [0.4, 0.5) is 0 Å². The van der Waals surface area contributed by atoms with E-state index >= 15 is 0 Å². The Morgan fingerprint density at radius 1 is 0.969 bits per heavy atom. The van der Waals surface area contributed by atoms with E-state index in [1.54, 1.807) is 24.3 Å². The molecule has 32 heavy (non-hydrogen) atoms. The Kier molecular flexibility index (Phi) is 5.41. The van der Waals surface area contributed by atoms with Gasteiger partial charge in [-0.05, 0) is 72.6 Å². The van der Waals surface area contributed by atoms with Crippen molar-refractivity contribution in [2.45, 2.75) is 55.1 Å². The number of nitrogens with one attached hydrogen (secondary N) is 1. The van der Waals surface area contributed by atoms with Crippen LogP contribution in [0, 0.1) is 23.7 Å². The number of hydrogen-bond acceptors (Lipinski definition) is 4. The van der Waals surface area contributed by atoms with Crippen LogP contribution < -0.4 is 5.32 Å². The van der Waals surface area contributed by atoms with Gasteiger partial charge in [0.05, 0.1) is 11.0 Å². The molecule has 0 radical (unpaired) electrons. The van der Waals surface area contributed by atoms with Crippen molar-refractivity contribution in [3.05, 3.63) is 65.7 Å². The number of aliphatic hydroxyl groups is 1. The average molecular weight is 454 g/mol. The minimum absolute atomic E-state index is 0.0362. The molecule has 6 heteroatoms. The van der Waals surface area contributed by atoms with Crippen LogP contribution in [-0.2, 0) is 26.6 Å². The fraction of sp³-hybridized carbons (Fsp3) is 0.500. The molecule has 0 heterocycles. The third-order valence-corrected chi connectivity index (χ3v) is 9.51. The summed E-state index contributed by atoms with van der Waals surface area (Å²) in [5, 5.41) is 13.7. The summed E-state index contributed by atoms with van der Waals surface area (Å²) in [5.41, 5.74) is 1.97.